The average Bonchev–Trinajstić information content (AvgIpc) is 3.07. The smallest absolute Gasteiger partial charge is 0.295 e. The van der Waals surface area contributed by atoms with Gasteiger partial charge in [-0.15, -0.1) is 0 Å². The topological polar surface area (TPSA) is 85.3 Å². The molecule has 7 nitrogen and oxygen atoms in total. The largest absolute Gasteiger partial charge is 0.507 e. The van der Waals surface area contributed by atoms with Crippen LogP contribution in [0.3, 0.4) is 0 Å². The molecule has 1 aliphatic heterocycles. The Morgan fingerprint density at radius 2 is 1.78 bits per heavy atom. The standard InChI is InChI=1S/C30H39NO6/c1-9-36-24-16-20(11-13-23(24)37-18(2)3)26-25(28(33)29(34)31(26)14-15-35-8)27(32)22-17-21(30(5,6)7)12-10-19(22)4/h10-13,16-18,26,32H,9,14-15H2,1-8H3/b27-25+. The quantitative estimate of drug-likeness (QED) is 0.271. The van der Waals surface area contributed by atoms with Crippen LogP contribution in [0.4, 0.5) is 0 Å². The lowest BCUT2D eigenvalue weighted by atomic mass is 9.84. The van der Waals surface area contributed by atoms with E-state index in [1.54, 1.807) is 12.1 Å². The summed E-state index contributed by atoms with van der Waals surface area (Å²) < 4.78 is 17.0. The monoisotopic (exact) mass is 509 g/mol. The van der Waals surface area contributed by atoms with E-state index in [4.69, 9.17) is 14.2 Å². The number of carbonyl (C=O) groups is 2. The molecule has 0 spiro atoms. The Hall–Kier alpha value is -3.32. The van der Waals surface area contributed by atoms with E-state index in [-0.39, 0.29) is 36.0 Å². The number of benzene rings is 2. The number of aliphatic hydroxyl groups is 1. The van der Waals surface area contributed by atoms with Gasteiger partial charge in [0.15, 0.2) is 11.5 Å². The number of methoxy groups -OCH3 is 1. The molecule has 200 valence electrons. The number of carbonyl (C=O) groups excluding carboxylic acids is 2. The lowest BCUT2D eigenvalue weighted by molar-refractivity contribution is -0.140. The molecule has 1 atom stereocenters. The van der Waals surface area contributed by atoms with Crippen molar-refractivity contribution in [3.8, 4) is 11.5 Å². The van der Waals surface area contributed by atoms with Gasteiger partial charge in [0, 0.05) is 19.2 Å². The Kier molecular flexibility index (Phi) is 8.69. The predicted molar refractivity (Wildman–Crippen MR) is 144 cm³/mol. The first-order valence-corrected chi connectivity index (χ1v) is 12.7. The highest BCUT2D eigenvalue weighted by Gasteiger charge is 2.46. The maximum absolute atomic E-state index is 13.4. The second kappa shape index (κ2) is 11.4. The van der Waals surface area contributed by atoms with E-state index >= 15 is 0 Å². The summed E-state index contributed by atoms with van der Waals surface area (Å²) in [5.41, 5.74) is 2.88. The lowest BCUT2D eigenvalue weighted by Gasteiger charge is -2.26. The molecule has 0 radical (unpaired) electrons. The molecular formula is C30H39NO6. The third-order valence-corrected chi connectivity index (χ3v) is 6.38. The number of rotatable bonds is 9. The maximum atomic E-state index is 13.4. The van der Waals surface area contributed by atoms with Crippen LogP contribution in [-0.2, 0) is 19.7 Å². The van der Waals surface area contributed by atoms with Gasteiger partial charge in [0.2, 0.25) is 0 Å². The average molecular weight is 510 g/mol. The lowest BCUT2D eigenvalue weighted by Crippen LogP contribution is -2.32. The van der Waals surface area contributed by atoms with Gasteiger partial charge in [-0.25, -0.2) is 0 Å². The minimum absolute atomic E-state index is 0.0511. The van der Waals surface area contributed by atoms with Crippen LogP contribution in [0.1, 0.15) is 69.8 Å². The molecule has 1 aliphatic rings. The number of hydrogen-bond acceptors (Lipinski definition) is 6. The Morgan fingerprint density at radius 1 is 1.08 bits per heavy atom. The SMILES string of the molecule is CCOc1cc(C2/C(=C(\O)c3cc(C(C)(C)C)ccc3C)C(=O)C(=O)N2CCOC)ccc1OC(C)C. The first-order valence-electron chi connectivity index (χ1n) is 12.7. The number of aryl methyl sites for hydroxylation is 1. The van der Waals surface area contributed by atoms with Gasteiger partial charge in [0.1, 0.15) is 5.76 Å². The van der Waals surface area contributed by atoms with Gasteiger partial charge in [-0.1, -0.05) is 39.0 Å². The van der Waals surface area contributed by atoms with Crippen molar-refractivity contribution in [3.63, 3.8) is 0 Å². The number of ketones is 1. The molecule has 2 aromatic rings. The first-order chi connectivity index (χ1) is 17.4. The molecule has 2 aromatic carbocycles. The van der Waals surface area contributed by atoms with Crippen LogP contribution in [-0.4, -0.2) is 54.7 Å². The van der Waals surface area contributed by atoms with Crippen LogP contribution in [0.2, 0.25) is 0 Å². The molecule has 0 aliphatic carbocycles. The summed E-state index contributed by atoms with van der Waals surface area (Å²) in [6.45, 7) is 14.7. The number of nitrogens with zero attached hydrogens (tertiary/aromatic N) is 1. The van der Waals surface area contributed by atoms with Gasteiger partial charge in [-0.3, -0.25) is 9.59 Å². The summed E-state index contributed by atoms with van der Waals surface area (Å²) in [4.78, 5) is 28.0. The molecular weight excluding hydrogens is 470 g/mol. The van der Waals surface area contributed by atoms with E-state index in [0.717, 1.165) is 11.1 Å². The Balaban J connectivity index is 2.25. The van der Waals surface area contributed by atoms with Crippen LogP contribution >= 0.6 is 0 Å². The number of ether oxygens (including phenoxy) is 3. The molecule has 1 unspecified atom stereocenters. The highest BCUT2D eigenvalue weighted by Crippen LogP contribution is 2.43. The fourth-order valence-corrected chi connectivity index (χ4v) is 4.45. The Bertz CT molecular complexity index is 1190. The predicted octanol–water partition coefficient (Wildman–Crippen LogP) is 5.55. The zero-order valence-corrected chi connectivity index (χ0v) is 23.2. The summed E-state index contributed by atoms with van der Waals surface area (Å²) in [7, 11) is 1.54. The second-order valence-electron chi connectivity index (χ2n) is 10.6. The third-order valence-electron chi connectivity index (χ3n) is 6.38. The van der Waals surface area contributed by atoms with Gasteiger partial charge in [0.05, 0.1) is 30.9 Å². The van der Waals surface area contributed by atoms with E-state index < -0.39 is 17.7 Å². The Labute approximate surface area is 220 Å². The second-order valence-corrected chi connectivity index (χ2v) is 10.6. The molecule has 3 rings (SSSR count). The highest BCUT2D eigenvalue weighted by molar-refractivity contribution is 6.46. The first kappa shape index (κ1) is 28.3. The molecule has 7 heteroatoms. The number of likely N-dealkylation sites (tertiary alicyclic amines) is 1. The minimum Gasteiger partial charge on any atom is -0.507 e. The summed E-state index contributed by atoms with van der Waals surface area (Å²) in [6, 6.07) is 10.4. The highest BCUT2D eigenvalue weighted by atomic mass is 16.5. The molecule has 0 bridgehead atoms. The summed E-state index contributed by atoms with van der Waals surface area (Å²) >= 11 is 0. The molecule has 37 heavy (non-hydrogen) atoms. The van der Waals surface area contributed by atoms with Crippen molar-refractivity contribution in [2.45, 2.75) is 66.0 Å². The van der Waals surface area contributed by atoms with E-state index in [9.17, 15) is 14.7 Å². The number of aliphatic hydroxyl groups excluding tert-OH is 1. The zero-order chi connectivity index (χ0) is 27.5. The van der Waals surface area contributed by atoms with Crippen LogP contribution in [0.5, 0.6) is 11.5 Å². The van der Waals surface area contributed by atoms with Crippen molar-refractivity contribution in [3.05, 3.63) is 64.2 Å². The molecule has 1 saturated heterocycles. The molecule has 0 saturated carbocycles. The fraction of sp³-hybridized carbons (Fsp3) is 0.467. The number of hydrogen-bond donors (Lipinski definition) is 1. The van der Waals surface area contributed by atoms with Gasteiger partial charge >= 0.3 is 0 Å². The van der Waals surface area contributed by atoms with Gasteiger partial charge in [-0.2, -0.15) is 0 Å². The van der Waals surface area contributed by atoms with E-state index in [2.05, 4.69) is 20.8 Å². The molecule has 1 amide bonds. The molecule has 1 N–H and O–H groups in total. The maximum Gasteiger partial charge on any atom is 0.295 e. The van der Waals surface area contributed by atoms with Crippen molar-refractivity contribution in [2.75, 3.05) is 26.9 Å². The van der Waals surface area contributed by atoms with Gasteiger partial charge in [-0.05, 0) is 68.0 Å². The van der Waals surface area contributed by atoms with Crippen LogP contribution in [0, 0.1) is 6.92 Å². The van der Waals surface area contributed by atoms with E-state index in [0.29, 0.717) is 29.2 Å². The normalized spacial score (nSPS) is 17.5. The van der Waals surface area contributed by atoms with Crippen molar-refractivity contribution >= 4 is 17.4 Å². The van der Waals surface area contributed by atoms with Crippen molar-refractivity contribution in [1.29, 1.82) is 0 Å². The van der Waals surface area contributed by atoms with Crippen molar-refractivity contribution < 1.29 is 28.9 Å². The molecule has 0 aromatic heterocycles. The van der Waals surface area contributed by atoms with Crippen LogP contribution < -0.4 is 9.47 Å². The number of Topliss-reactive ketones (excluding diaryl/α,β-unsaturated/α-hetero) is 1. The Morgan fingerprint density at radius 3 is 2.38 bits per heavy atom. The summed E-state index contributed by atoms with van der Waals surface area (Å²) in [6.07, 6.45) is -0.0598. The minimum atomic E-state index is -0.805. The molecule has 1 fully saturated rings. The molecule has 1 heterocycles. The van der Waals surface area contributed by atoms with E-state index in [1.807, 2.05) is 52.0 Å². The van der Waals surface area contributed by atoms with Gasteiger partial charge in [0.25, 0.3) is 11.7 Å². The van der Waals surface area contributed by atoms with Gasteiger partial charge < -0.3 is 24.2 Å². The number of amides is 1. The zero-order valence-electron chi connectivity index (χ0n) is 23.2. The van der Waals surface area contributed by atoms with Crippen LogP contribution in [0.25, 0.3) is 5.76 Å². The summed E-state index contributed by atoms with van der Waals surface area (Å²) in [5, 5.41) is 11.6. The van der Waals surface area contributed by atoms with E-state index in [1.165, 1.54) is 12.0 Å². The van der Waals surface area contributed by atoms with Crippen LogP contribution in [0.15, 0.2) is 42.0 Å². The van der Waals surface area contributed by atoms with Crippen molar-refractivity contribution in [1.82, 2.24) is 4.90 Å². The third kappa shape index (κ3) is 5.99. The van der Waals surface area contributed by atoms with Crippen molar-refractivity contribution in [2.24, 2.45) is 0 Å². The summed E-state index contributed by atoms with van der Waals surface area (Å²) in [5.74, 6) is -0.499. The fourth-order valence-electron chi connectivity index (χ4n) is 4.45.